The van der Waals surface area contributed by atoms with Crippen LogP contribution in [0.15, 0.2) is 71.7 Å². The summed E-state index contributed by atoms with van der Waals surface area (Å²) >= 11 is 0. The van der Waals surface area contributed by atoms with E-state index in [1.54, 1.807) is 10.6 Å². The van der Waals surface area contributed by atoms with Gasteiger partial charge in [-0.05, 0) is 18.2 Å². The van der Waals surface area contributed by atoms with Gasteiger partial charge < -0.3 is 19.5 Å². The number of aromatic nitrogens is 1. The molecule has 0 bridgehead atoms. The van der Waals surface area contributed by atoms with Crippen LogP contribution in [0.5, 0.6) is 5.75 Å². The number of methoxy groups -OCH3 is 1. The van der Waals surface area contributed by atoms with Gasteiger partial charge in [0.05, 0.1) is 18.2 Å². The lowest BCUT2D eigenvalue weighted by atomic mass is 10.2. The van der Waals surface area contributed by atoms with Crippen molar-refractivity contribution in [2.75, 3.05) is 43.5 Å². The number of nitro groups is 1. The van der Waals surface area contributed by atoms with Crippen molar-refractivity contribution < 1.29 is 14.5 Å². The summed E-state index contributed by atoms with van der Waals surface area (Å²) in [6.07, 6.45) is 1.53. The minimum atomic E-state index is -0.516. The first kappa shape index (κ1) is 24.0. The molecule has 182 valence electrons. The summed E-state index contributed by atoms with van der Waals surface area (Å²) in [7, 11) is 1.41. The molecule has 1 aliphatic rings. The fourth-order valence-corrected chi connectivity index (χ4v) is 4.11. The van der Waals surface area contributed by atoms with Gasteiger partial charge in [0.1, 0.15) is 6.54 Å². The monoisotopic (exact) mass is 477 g/mol. The van der Waals surface area contributed by atoms with Gasteiger partial charge >= 0.3 is 0 Å². The number of nitrogens with zero attached hydrogens (tertiary/aromatic N) is 4. The summed E-state index contributed by atoms with van der Waals surface area (Å²) in [4.78, 5) is 40.3. The Balaban J connectivity index is 1.46. The third-order valence-corrected chi connectivity index (χ3v) is 5.94. The standard InChI is InChI=1S/C25H27N5O5/c1-35-24-17-29(18-25(32)26-19-6-5-9-21(14-19)30(33)34)22(15-23(24)31)16-27-10-12-28(13-11-27)20-7-3-2-4-8-20/h2-9,14-15,17H,10-13,16,18H2,1H3,(H,26,32). The first-order valence-corrected chi connectivity index (χ1v) is 11.3. The molecule has 0 atom stereocenters. The van der Waals surface area contributed by atoms with Gasteiger partial charge in [-0.2, -0.15) is 0 Å². The van der Waals surface area contributed by atoms with Crippen molar-refractivity contribution in [2.24, 2.45) is 0 Å². The molecular weight excluding hydrogens is 450 g/mol. The van der Waals surface area contributed by atoms with E-state index in [9.17, 15) is 19.7 Å². The average molecular weight is 478 g/mol. The lowest BCUT2D eigenvalue weighted by Crippen LogP contribution is -2.46. The lowest BCUT2D eigenvalue weighted by molar-refractivity contribution is -0.384. The highest BCUT2D eigenvalue weighted by atomic mass is 16.6. The van der Waals surface area contributed by atoms with Crippen LogP contribution >= 0.6 is 0 Å². The van der Waals surface area contributed by atoms with Gasteiger partial charge in [0.2, 0.25) is 11.3 Å². The third-order valence-electron chi connectivity index (χ3n) is 5.94. The molecular formula is C25H27N5O5. The van der Waals surface area contributed by atoms with Crippen molar-refractivity contribution in [2.45, 2.75) is 13.1 Å². The van der Waals surface area contributed by atoms with Gasteiger partial charge in [0, 0.05) is 68.0 Å². The predicted molar refractivity (Wildman–Crippen MR) is 133 cm³/mol. The molecule has 1 amide bonds. The molecule has 1 N–H and O–H groups in total. The summed E-state index contributed by atoms with van der Waals surface area (Å²) < 4.78 is 6.87. The number of non-ortho nitro benzene ring substituents is 1. The number of amides is 1. The summed E-state index contributed by atoms with van der Waals surface area (Å²) in [6.45, 7) is 3.78. The van der Waals surface area contributed by atoms with E-state index in [-0.39, 0.29) is 29.3 Å². The third kappa shape index (κ3) is 6.04. The van der Waals surface area contributed by atoms with E-state index in [4.69, 9.17) is 4.74 Å². The molecule has 0 radical (unpaired) electrons. The maximum Gasteiger partial charge on any atom is 0.271 e. The zero-order chi connectivity index (χ0) is 24.8. The topological polar surface area (TPSA) is 110 Å². The molecule has 2 heterocycles. The first-order chi connectivity index (χ1) is 16.9. The van der Waals surface area contributed by atoms with Crippen molar-refractivity contribution in [3.05, 3.63) is 92.9 Å². The highest BCUT2D eigenvalue weighted by Gasteiger charge is 2.20. The second-order valence-electron chi connectivity index (χ2n) is 8.28. The molecule has 3 aromatic rings. The van der Waals surface area contributed by atoms with Crippen molar-refractivity contribution in [3.8, 4) is 5.75 Å². The molecule has 10 heteroatoms. The minimum absolute atomic E-state index is 0.0708. The molecule has 0 aliphatic carbocycles. The fraction of sp³-hybridized carbons (Fsp3) is 0.280. The van der Waals surface area contributed by atoms with Crippen LogP contribution < -0.4 is 20.4 Å². The van der Waals surface area contributed by atoms with Crippen LogP contribution in [-0.4, -0.2) is 53.6 Å². The van der Waals surface area contributed by atoms with Gasteiger partial charge in [-0.3, -0.25) is 24.6 Å². The highest BCUT2D eigenvalue weighted by Crippen LogP contribution is 2.19. The first-order valence-electron chi connectivity index (χ1n) is 11.3. The second-order valence-corrected chi connectivity index (χ2v) is 8.28. The minimum Gasteiger partial charge on any atom is -0.491 e. The normalized spacial score (nSPS) is 13.9. The molecule has 0 unspecified atom stereocenters. The smallest absolute Gasteiger partial charge is 0.271 e. The Morgan fingerprint density at radius 3 is 2.49 bits per heavy atom. The van der Waals surface area contributed by atoms with E-state index < -0.39 is 4.92 Å². The Hall–Kier alpha value is -4.18. The molecule has 35 heavy (non-hydrogen) atoms. The number of carbonyl (C=O) groups is 1. The molecule has 0 spiro atoms. The van der Waals surface area contributed by atoms with Crippen molar-refractivity contribution in [1.82, 2.24) is 9.47 Å². The van der Waals surface area contributed by atoms with E-state index in [1.807, 2.05) is 18.2 Å². The van der Waals surface area contributed by atoms with E-state index in [2.05, 4.69) is 27.2 Å². The number of para-hydroxylation sites is 1. The Labute approximate surface area is 202 Å². The zero-order valence-corrected chi connectivity index (χ0v) is 19.4. The molecule has 2 aromatic carbocycles. The summed E-state index contributed by atoms with van der Waals surface area (Å²) in [5.74, 6) is -0.225. The van der Waals surface area contributed by atoms with Crippen LogP contribution in [0.25, 0.3) is 0 Å². The second kappa shape index (κ2) is 10.8. The number of carbonyl (C=O) groups excluding carboxylic acids is 1. The highest BCUT2D eigenvalue weighted by molar-refractivity contribution is 5.90. The zero-order valence-electron chi connectivity index (χ0n) is 19.4. The van der Waals surface area contributed by atoms with Crippen molar-refractivity contribution in [1.29, 1.82) is 0 Å². The lowest BCUT2D eigenvalue weighted by Gasteiger charge is -2.36. The van der Waals surface area contributed by atoms with Gasteiger partial charge in [-0.25, -0.2) is 0 Å². The van der Waals surface area contributed by atoms with E-state index >= 15 is 0 Å². The number of hydrogen-bond donors (Lipinski definition) is 1. The molecule has 1 aliphatic heterocycles. The predicted octanol–water partition coefficient (Wildman–Crippen LogP) is 2.73. The van der Waals surface area contributed by atoms with Gasteiger partial charge in [0.25, 0.3) is 5.69 Å². The van der Waals surface area contributed by atoms with E-state index in [0.29, 0.717) is 17.9 Å². The Bertz CT molecular complexity index is 1250. The van der Waals surface area contributed by atoms with Gasteiger partial charge in [0.15, 0.2) is 5.75 Å². The molecule has 0 saturated carbocycles. The van der Waals surface area contributed by atoms with E-state index in [0.717, 1.165) is 26.2 Å². The Morgan fingerprint density at radius 2 is 1.80 bits per heavy atom. The average Bonchev–Trinajstić information content (AvgIpc) is 2.86. The Kier molecular flexibility index (Phi) is 7.41. The number of benzene rings is 2. The number of hydrogen-bond acceptors (Lipinski definition) is 7. The number of nitro benzene ring substituents is 1. The molecule has 1 aromatic heterocycles. The van der Waals surface area contributed by atoms with Crippen molar-refractivity contribution in [3.63, 3.8) is 0 Å². The molecule has 1 fully saturated rings. The van der Waals surface area contributed by atoms with Crippen molar-refractivity contribution >= 4 is 23.0 Å². The van der Waals surface area contributed by atoms with Gasteiger partial charge in [-0.15, -0.1) is 0 Å². The van der Waals surface area contributed by atoms with Crippen LogP contribution in [0.4, 0.5) is 17.1 Å². The quantitative estimate of drug-likeness (QED) is 0.392. The van der Waals surface area contributed by atoms with Crippen LogP contribution in [-0.2, 0) is 17.9 Å². The number of rotatable bonds is 8. The number of pyridine rings is 1. The summed E-state index contributed by atoms with van der Waals surface area (Å²) in [6, 6.07) is 17.5. The van der Waals surface area contributed by atoms with Gasteiger partial charge in [-0.1, -0.05) is 24.3 Å². The summed E-state index contributed by atoms with van der Waals surface area (Å²) in [5, 5.41) is 13.7. The Morgan fingerprint density at radius 1 is 1.06 bits per heavy atom. The van der Waals surface area contributed by atoms with E-state index in [1.165, 1.54) is 43.3 Å². The van der Waals surface area contributed by atoms with Crippen LogP contribution in [0.2, 0.25) is 0 Å². The molecule has 1 saturated heterocycles. The number of ether oxygens (including phenoxy) is 1. The largest absolute Gasteiger partial charge is 0.491 e. The van der Waals surface area contributed by atoms with Crippen LogP contribution in [0.1, 0.15) is 5.69 Å². The number of anilines is 2. The molecule has 10 nitrogen and oxygen atoms in total. The van der Waals surface area contributed by atoms with Crippen LogP contribution in [0, 0.1) is 10.1 Å². The summed E-state index contributed by atoms with van der Waals surface area (Å²) in [5.41, 5.74) is 1.85. The SMILES string of the molecule is COc1cn(CC(=O)Nc2cccc([N+](=O)[O-])c2)c(CN2CCN(c3ccccc3)CC2)cc1=O. The maximum absolute atomic E-state index is 12.8. The maximum atomic E-state index is 12.8. The molecule has 4 rings (SSSR count). The fourth-order valence-electron chi connectivity index (χ4n) is 4.11. The number of nitrogens with one attached hydrogen (secondary N) is 1. The van der Waals surface area contributed by atoms with Crippen LogP contribution in [0.3, 0.4) is 0 Å². The number of piperazine rings is 1.